The lowest BCUT2D eigenvalue weighted by Crippen LogP contribution is -2.32. The largest absolute Gasteiger partial charge is 0.469 e. The maximum atomic E-state index is 11.4. The van der Waals surface area contributed by atoms with Crippen molar-refractivity contribution >= 4 is 17.3 Å². The topological polar surface area (TPSA) is 41.6 Å². The van der Waals surface area contributed by atoms with Gasteiger partial charge in [0.25, 0.3) is 0 Å². The van der Waals surface area contributed by atoms with Gasteiger partial charge in [-0.05, 0) is 43.0 Å². The number of carbonyl (C=O) groups is 1. The molecule has 1 aliphatic rings. The smallest absolute Gasteiger partial charge is 0.310 e. The predicted molar refractivity (Wildman–Crippen MR) is 86.7 cm³/mol. The van der Waals surface area contributed by atoms with Crippen LogP contribution in [-0.4, -0.2) is 32.7 Å². The van der Waals surface area contributed by atoms with E-state index in [1.165, 1.54) is 25.6 Å². The second-order valence-electron chi connectivity index (χ2n) is 6.02. The van der Waals surface area contributed by atoms with E-state index in [0.29, 0.717) is 6.54 Å². The molecular formula is C17H26N2O2. The number of nitrogens with zero attached hydrogens (tertiary/aromatic N) is 1. The minimum absolute atomic E-state index is 0.141. The van der Waals surface area contributed by atoms with Gasteiger partial charge in [-0.1, -0.05) is 13.8 Å². The molecule has 116 valence electrons. The molecule has 0 aliphatic carbocycles. The van der Waals surface area contributed by atoms with Gasteiger partial charge in [0.1, 0.15) is 0 Å². The van der Waals surface area contributed by atoms with E-state index in [4.69, 9.17) is 4.74 Å². The van der Waals surface area contributed by atoms with Crippen LogP contribution >= 0.6 is 0 Å². The highest BCUT2D eigenvalue weighted by Crippen LogP contribution is 2.24. The summed E-state index contributed by atoms with van der Waals surface area (Å²) in [6, 6.07) is 8.47. The van der Waals surface area contributed by atoms with E-state index in [0.717, 1.165) is 24.7 Å². The number of rotatable bonds is 5. The monoisotopic (exact) mass is 290 g/mol. The van der Waals surface area contributed by atoms with Gasteiger partial charge in [-0.2, -0.15) is 0 Å². The fourth-order valence-corrected chi connectivity index (χ4v) is 2.61. The van der Waals surface area contributed by atoms with Gasteiger partial charge in [-0.15, -0.1) is 0 Å². The van der Waals surface area contributed by atoms with Crippen molar-refractivity contribution in [1.29, 1.82) is 0 Å². The molecule has 1 saturated heterocycles. The Kier molecular flexibility index (Phi) is 5.48. The van der Waals surface area contributed by atoms with Gasteiger partial charge >= 0.3 is 5.97 Å². The molecule has 1 atom stereocenters. The molecule has 1 unspecified atom stereocenters. The SMILES string of the molecule is COC(=O)C(C)CNc1ccc(N2CCC(C)CC2)cc1. The Balaban J connectivity index is 1.86. The lowest BCUT2D eigenvalue weighted by atomic mass is 9.99. The fraction of sp³-hybridized carbons (Fsp3) is 0.588. The van der Waals surface area contributed by atoms with Gasteiger partial charge in [0.15, 0.2) is 0 Å². The zero-order valence-electron chi connectivity index (χ0n) is 13.3. The summed E-state index contributed by atoms with van der Waals surface area (Å²) in [5.74, 6) is 0.529. The first kappa shape index (κ1) is 15.7. The number of carbonyl (C=O) groups excluding carboxylic acids is 1. The zero-order chi connectivity index (χ0) is 15.2. The second kappa shape index (κ2) is 7.34. The molecule has 0 aromatic heterocycles. The third-order valence-electron chi connectivity index (χ3n) is 4.23. The van der Waals surface area contributed by atoms with Gasteiger partial charge in [0.05, 0.1) is 13.0 Å². The van der Waals surface area contributed by atoms with Crippen molar-refractivity contribution in [2.45, 2.75) is 26.7 Å². The van der Waals surface area contributed by atoms with Crippen LogP contribution in [0.3, 0.4) is 0 Å². The molecule has 1 heterocycles. The molecular weight excluding hydrogens is 264 g/mol. The first-order valence-corrected chi connectivity index (χ1v) is 7.77. The molecule has 0 saturated carbocycles. The minimum atomic E-state index is -0.179. The van der Waals surface area contributed by atoms with Crippen molar-refractivity contribution in [1.82, 2.24) is 0 Å². The normalized spacial score (nSPS) is 17.4. The van der Waals surface area contributed by atoms with E-state index in [2.05, 4.69) is 41.4 Å². The average molecular weight is 290 g/mol. The van der Waals surface area contributed by atoms with Crippen molar-refractivity contribution in [2.24, 2.45) is 11.8 Å². The van der Waals surface area contributed by atoms with E-state index < -0.39 is 0 Å². The summed E-state index contributed by atoms with van der Waals surface area (Å²) >= 11 is 0. The van der Waals surface area contributed by atoms with E-state index in [-0.39, 0.29) is 11.9 Å². The molecule has 21 heavy (non-hydrogen) atoms. The van der Waals surface area contributed by atoms with Crippen LogP contribution in [0.1, 0.15) is 26.7 Å². The van der Waals surface area contributed by atoms with E-state index in [1.807, 2.05) is 6.92 Å². The maximum absolute atomic E-state index is 11.4. The number of piperidine rings is 1. The summed E-state index contributed by atoms with van der Waals surface area (Å²) in [6.07, 6.45) is 2.55. The predicted octanol–water partition coefficient (Wildman–Crippen LogP) is 3.14. The number of ether oxygens (including phenoxy) is 1. The number of nitrogens with one attached hydrogen (secondary N) is 1. The molecule has 0 radical (unpaired) electrons. The van der Waals surface area contributed by atoms with Crippen LogP contribution in [0.4, 0.5) is 11.4 Å². The Hall–Kier alpha value is -1.71. The number of hydrogen-bond donors (Lipinski definition) is 1. The number of hydrogen-bond acceptors (Lipinski definition) is 4. The Labute approximate surface area is 127 Å². The quantitative estimate of drug-likeness (QED) is 0.846. The highest BCUT2D eigenvalue weighted by atomic mass is 16.5. The number of esters is 1. The van der Waals surface area contributed by atoms with Gasteiger partial charge < -0.3 is 15.0 Å². The van der Waals surface area contributed by atoms with E-state index in [9.17, 15) is 4.79 Å². The van der Waals surface area contributed by atoms with Gasteiger partial charge in [0.2, 0.25) is 0 Å². The number of benzene rings is 1. The summed E-state index contributed by atoms with van der Waals surface area (Å²) in [5.41, 5.74) is 2.33. The van der Waals surface area contributed by atoms with Gasteiger partial charge in [-0.3, -0.25) is 4.79 Å². The van der Waals surface area contributed by atoms with Crippen LogP contribution in [0.25, 0.3) is 0 Å². The lowest BCUT2D eigenvalue weighted by Gasteiger charge is -2.32. The molecule has 0 amide bonds. The first-order chi connectivity index (χ1) is 10.1. The molecule has 4 nitrogen and oxygen atoms in total. The van der Waals surface area contributed by atoms with Crippen LogP contribution < -0.4 is 10.2 Å². The number of anilines is 2. The summed E-state index contributed by atoms with van der Waals surface area (Å²) in [4.78, 5) is 13.8. The van der Waals surface area contributed by atoms with Crippen LogP contribution in [0.15, 0.2) is 24.3 Å². The van der Waals surface area contributed by atoms with Crippen molar-refractivity contribution < 1.29 is 9.53 Å². The summed E-state index contributed by atoms with van der Waals surface area (Å²) in [5, 5.41) is 3.28. The molecule has 2 rings (SSSR count). The summed E-state index contributed by atoms with van der Waals surface area (Å²) < 4.78 is 4.72. The van der Waals surface area contributed by atoms with Crippen molar-refractivity contribution in [3.05, 3.63) is 24.3 Å². The summed E-state index contributed by atoms with van der Waals surface area (Å²) in [7, 11) is 1.42. The Morgan fingerprint density at radius 1 is 1.33 bits per heavy atom. The third kappa shape index (κ3) is 4.38. The number of methoxy groups -OCH3 is 1. The molecule has 1 aromatic carbocycles. The standard InChI is InChI=1S/C17H26N2O2/c1-13-8-10-19(11-9-13)16-6-4-15(5-7-16)18-12-14(2)17(20)21-3/h4-7,13-14,18H,8-12H2,1-3H3. The molecule has 1 aromatic rings. The van der Waals surface area contributed by atoms with Crippen molar-refractivity contribution in [3.63, 3.8) is 0 Å². The first-order valence-electron chi connectivity index (χ1n) is 7.77. The van der Waals surface area contributed by atoms with E-state index in [1.54, 1.807) is 0 Å². The second-order valence-corrected chi connectivity index (χ2v) is 6.02. The molecule has 0 spiro atoms. The Bertz CT molecular complexity index is 450. The van der Waals surface area contributed by atoms with Crippen molar-refractivity contribution in [2.75, 3.05) is 37.0 Å². The summed E-state index contributed by atoms with van der Waals surface area (Å²) in [6.45, 7) is 7.07. The molecule has 1 N–H and O–H groups in total. The Morgan fingerprint density at radius 3 is 2.52 bits per heavy atom. The van der Waals surface area contributed by atoms with Gasteiger partial charge in [-0.25, -0.2) is 0 Å². The molecule has 0 bridgehead atoms. The van der Waals surface area contributed by atoms with Crippen LogP contribution in [-0.2, 0) is 9.53 Å². The Morgan fingerprint density at radius 2 is 1.95 bits per heavy atom. The van der Waals surface area contributed by atoms with Crippen molar-refractivity contribution in [3.8, 4) is 0 Å². The van der Waals surface area contributed by atoms with Crippen LogP contribution in [0, 0.1) is 11.8 Å². The average Bonchev–Trinajstić information content (AvgIpc) is 2.53. The van der Waals surface area contributed by atoms with Gasteiger partial charge in [0, 0.05) is 31.0 Å². The fourth-order valence-electron chi connectivity index (χ4n) is 2.61. The van der Waals surface area contributed by atoms with Crippen LogP contribution in [0.2, 0.25) is 0 Å². The molecule has 1 aliphatic heterocycles. The third-order valence-corrected chi connectivity index (χ3v) is 4.23. The highest BCUT2D eigenvalue weighted by molar-refractivity contribution is 5.72. The lowest BCUT2D eigenvalue weighted by molar-refractivity contribution is -0.144. The molecule has 1 fully saturated rings. The highest BCUT2D eigenvalue weighted by Gasteiger charge is 2.16. The van der Waals surface area contributed by atoms with E-state index >= 15 is 0 Å². The minimum Gasteiger partial charge on any atom is -0.469 e. The maximum Gasteiger partial charge on any atom is 0.310 e. The zero-order valence-corrected chi connectivity index (χ0v) is 13.3. The van der Waals surface area contributed by atoms with Crippen LogP contribution in [0.5, 0.6) is 0 Å². The molecule has 4 heteroatoms.